The molecule has 1 N–H and O–H groups in total. The van der Waals surface area contributed by atoms with Gasteiger partial charge in [-0.25, -0.2) is 4.39 Å². The van der Waals surface area contributed by atoms with Gasteiger partial charge in [0.05, 0.1) is 15.6 Å². The van der Waals surface area contributed by atoms with Gasteiger partial charge in [0, 0.05) is 24.9 Å². The molecule has 1 unspecified atom stereocenters. The highest BCUT2D eigenvalue weighted by Gasteiger charge is 2.45. The van der Waals surface area contributed by atoms with Crippen LogP contribution >= 0.6 is 15.9 Å². The molecule has 3 rings (SSSR count). The predicted octanol–water partition coefficient (Wildman–Crippen LogP) is 3.11. The fourth-order valence-corrected chi connectivity index (χ4v) is 3.63. The molecule has 1 fully saturated rings. The molecule has 2 aliphatic heterocycles. The molecule has 1 aromatic rings. The largest absolute Gasteiger partial charge is 0.391 e. The Bertz CT molecular complexity index is 813. The molecule has 2 amide bonds. The van der Waals surface area contributed by atoms with Crippen LogP contribution in [0.1, 0.15) is 44.5 Å². The highest BCUT2D eigenvalue weighted by atomic mass is 79.9. The highest BCUT2D eigenvalue weighted by Crippen LogP contribution is 2.31. The van der Waals surface area contributed by atoms with Gasteiger partial charge in [0.1, 0.15) is 17.6 Å². The van der Waals surface area contributed by atoms with Crippen LogP contribution in [0, 0.1) is 11.2 Å². The Balaban J connectivity index is 1.57. The Kier molecular flexibility index (Phi) is 5.05. The SMILES string of the molecule is CC1(NC(=O)c2cccc(F)c2Br)CN(C(=O)C2=NOC(C(C)(C)C)C2)C1. The van der Waals surface area contributed by atoms with Gasteiger partial charge in [-0.3, -0.25) is 9.59 Å². The number of amides is 2. The molecule has 0 radical (unpaired) electrons. The van der Waals surface area contributed by atoms with Crippen LogP contribution in [0.3, 0.4) is 0 Å². The number of oxime groups is 1. The zero-order valence-corrected chi connectivity index (χ0v) is 17.4. The fourth-order valence-electron chi connectivity index (χ4n) is 3.19. The van der Waals surface area contributed by atoms with Gasteiger partial charge >= 0.3 is 0 Å². The van der Waals surface area contributed by atoms with E-state index in [-0.39, 0.29) is 33.4 Å². The zero-order chi connectivity index (χ0) is 20.0. The Morgan fingerprint density at radius 3 is 2.63 bits per heavy atom. The van der Waals surface area contributed by atoms with Crippen molar-refractivity contribution in [3.05, 3.63) is 34.1 Å². The number of halogens is 2. The van der Waals surface area contributed by atoms with Crippen molar-refractivity contribution in [2.24, 2.45) is 10.6 Å². The molecule has 0 aromatic heterocycles. The van der Waals surface area contributed by atoms with Gasteiger partial charge in [-0.2, -0.15) is 0 Å². The van der Waals surface area contributed by atoms with Crippen molar-refractivity contribution >= 4 is 33.5 Å². The Labute approximate surface area is 166 Å². The molecule has 1 saturated heterocycles. The molecule has 0 aliphatic carbocycles. The van der Waals surface area contributed by atoms with Gasteiger partial charge in [-0.15, -0.1) is 0 Å². The molecule has 146 valence electrons. The van der Waals surface area contributed by atoms with Crippen molar-refractivity contribution in [2.45, 2.75) is 45.8 Å². The number of benzene rings is 1. The summed E-state index contributed by atoms with van der Waals surface area (Å²) in [6.45, 7) is 8.71. The first kappa shape index (κ1) is 19.8. The van der Waals surface area contributed by atoms with Crippen LogP contribution < -0.4 is 5.32 Å². The number of hydrogen-bond donors (Lipinski definition) is 1. The summed E-state index contributed by atoms with van der Waals surface area (Å²) in [5.41, 5.74) is -0.0257. The van der Waals surface area contributed by atoms with Gasteiger partial charge in [0.15, 0.2) is 0 Å². The van der Waals surface area contributed by atoms with E-state index in [1.807, 2.05) is 27.7 Å². The van der Waals surface area contributed by atoms with Crippen molar-refractivity contribution in [3.8, 4) is 0 Å². The van der Waals surface area contributed by atoms with Crippen molar-refractivity contribution in [1.82, 2.24) is 10.2 Å². The van der Waals surface area contributed by atoms with E-state index in [2.05, 4.69) is 26.4 Å². The second kappa shape index (κ2) is 6.89. The topological polar surface area (TPSA) is 71.0 Å². The summed E-state index contributed by atoms with van der Waals surface area (Å²) in [4.78, 5) is 32.1. The molecule has 2 aliphatic rings. The lowest BCUT2D eigenvalue weighted by Gasteiger charge is -2.48. The lowest BCUT2D eigenvalue weighted by Crippen LogP contribution is -2.70. The number of likely N-dealkylation sites (tertiary alicyclic amines) is 1. The number of rotatable bonds is 3. The predicted molar refractivity (Wildman–Crippen MR) is 103 cm³/mol. The first-order chi connectivity index (χ1) is 12.5. The van der Waals surface area contributed by atoms with Crippen LogP contribution in [0.15, 0.2) is 27.8 Å². The minimum Gasteiger partial charge on any atom is -0.391 e. The Hall–Kier alpha value is -1.96. The lowest BCUT2D eigenvalue weighted by atomic mass is 9.85. The lowest BCUT2D eigenvalue weighted by molar-refractivity contribution is -0.131. The third kappa shape index (κ3) is 4.00. The summed E-state index contributed by atoms with van der Waals surface area (Å²) in [7, 11) is 0. The molecule has 0 saturated carbocycles. The van der Waals surface area contributed by atoms with Gasteiger partial charge in [-0.1, -0.05) is 32.0 Å². The van der Waals surface area contributed by atoms with Crippen LogP contribution in [-0.4, -0.2) is 47.2 Å². The van der Waals surface area contributed by atoms with E-state index in [0.29, 0.717) is 25.2 Å². The van der Waals surface area contributed by atoms with Crippen LogP contribution in [0.4, 0.5) is 4.39 Å². The van der Waals surface area contributed by atoms with Gasteiger partial charge in [0.25, 0.3) is 11.8 Å². The zero-order valence-electron chi connectivity index (χ0n) is 15.8. The molecule has 6 nitrogen and oxygen atoms in total. The number of nitrogens with one attached hydrogen (secondary N) is 1. The van der Waals surface area contributed by atoms with Crippen molar-refractivity contribution < 1.29 is 18.8 Å². The second-order valence-corrected chi connectivity index (χ2v) is 9.27. The summed E-state index contributed by atoms with van der Waals surface area (Å²) in [6, 6.07) is 4.31. The van der Waals surface area contributed by atoms with Crippen molar-refractivity contribution in [2.75, 3.05) is 13.1 Å². The normalized spacial score (nSPS) is 21.2. The maximum atomic E-state index is 13.6. The van der Waals surface area contributed by atoms with E-state index in [0.717, 1.165) is 0 Å². The number of carbonyl (C=O) groups excluding carboxylic acids is 2. The number of hydrogen-bond acceptors (Lipinski definition) is 4. The van der Waals surface area contributed by atoms with Gasteiger partial charge in [0.2, 0.25) is 0 Å². The smallest absolute Gasteiger partial charge is 0.271 e. The average molecular weight is 440 g/mol. The molecular weight excluding hydrogens is 417 g/mol. The first-order valence-corrected chi connectivity index (χ1v) is 9.58. The van der Waals surface area contributed by atoms with E-state index in [9.17, 15) is 14.0 Å². The van der Waals surface area contributed by atoms with Crippen molar-refractivity contribution in [1.29, 1.82) is 0 Å². The molecule has 27 heavy (non-hydrogen) atoms. The molecule has 2 heterocycles. The maximum absolute atomic E-state index is 13.6. The number of nitrogens with zero attached hydrogens (tertiary/aromatic N) is 2. The Morgan fingerprint density at radius 2 is 2.04 bits per heavy atom. The van der Waals surface area contributed by atoms with E-state index >= 15 is 0 Å². The first-order valence-electron chi connectivity index (χ1n) is 8.79. The average Bonchev–Trinajstić information content (AvgIpc) is 3.04. The molecule has 1 atom stereocenters. The van der Waals surface area contributed by atoms with E-state index in [1.165, 1.54) is 12.1 Å². The molecule has 8 heteroatoms. The standard InChI is InChI=1S/C19H23BrFN3O3/c1-18(2,3)14-8-13(23-27-14)17(26)24-9-19(4,10-24)22-16(25)11-6-5-7-12(21)15(11)20/h5-7,14H,8-10H2,1-4H3,(H,22,25). The number of carbonyl (C=O) groups is 2. The summed E-state index contributed by atoms with van der Waals surface area (Å²) in [5.74, 6) is -1.04. The fraction of sp³-hybridized carbons (Fsp3) is 0.526. The highest BCUT2D eigenvalue weighted by molar-refractivity contribution is 9.10. The summed E-state index contributed by atoms with van der Waals surface area (Å²) in [5, 5.41) is 6.84. The monoisotopic (exact) mass is 439 g/mol. The quantitative estimate of drug-likeness (QED) is 0.786. The van der Waals surface area contributed by atoms with Crippen LogP contribution in [-0.2, 0) is 9.63 Å². The van der Waals surface area contributed by atoms with Crippen molar-refractivity contribution in [3.63, 3.8) is 0 Å². The maximum Gasteiger partial charge on any atom is 0.271 e. The molecule has 0 spiro atoms. The summed E-state index contributed by atoms with van der Waals surface area (Å²) < 4.78 is 13.7. The van der Waals surface area contributed by atoms with Gasteiger partial charge < -0.3 is 15.1 Å². The summed E-state index contributed by atoms with van der Waals surface area (Å²) >= 11 is 3.10. The van der Waals surface area contributed by atoms with Crippen LogP contribution in [0.2, 0.25) is 0 Å². The van der Waals surface area contributed by atoms with Crippen LogP contribution in [0.5, 0.6) is 0 Å². The van der Waals surface area contributed by atoms with E-state index in [1.54, 1.807) is 11.0 Å². The molecular formula is C19H23BrFN3O3. The Morgan fingerprint density at radius 1 is 1.37 bits per heavy atom. The minimum atomic E-state index is -0.568. The third-order valence-electron chi connectivity index (χ3n) is 4.86. The minimum absolute atomic E-state index is 0.0959. The van der Waals surface area contributed by atoms with Crippen LogP contribution in [0.25, 0.3) is 0 Å². The molecule has 1 aromatic carbocycles. The second-order valence-electron chi connectivity index (χ2n) is 8.48. The third-order valence-corrected chi connectivity index (χ3v) is 5.67. The van der Waals surface area contributed by atoms with E-state index in [4.69, 9.17) is 4.84 Å². The van der Waals surface area contributed by atoms with E-state index < -0.39 is 11.4 Å². The van der Waals surface area contributed by atoms with Gasteiger partial charge in [-0.05, 0) is 35.0 Å². The molecule has 0 bridgehead atoms. The summed E-state index contributed by atoms with van der Waals surface area (Å²) in [6.07, 6.45) is 0.368.